The molecule has 0 aliphatic heterocycles. The lowest BCUT2D eigenvalue weighted by Gasteiger charge is -2.13. The number of anilines is 3. The highest BCUT2D eigenvalue weighted by molar-refractivity contribution is 5.81. The van der Waals surface area contributed by atoms with Crippen molar-refractivity contribution in [2.24, 2.45) is 0 Å². The molecule has 0 saturated carbocycles. The van der Waals surface area contributed by atoms with Crippen LogP contribution in [-0.4, -0.2) is 7.05 Å². The summed E-state index contributed by atoms with van der Waals surface area (Å²) in [7, 11) is 1.95. The molecular formula is C19H18N2. The molecule has 21 heavy (non-hydrogen) atoms. The van der Waals surface area contributed by atoms with Crippen LogP contribution in [0.4, 0.5) is 17.1 Å². The Morgan fingerprint density at radius 3 is 2.00 bits per heavy atom. The normalized spacial score (nSPS) is 10.1. The molecule has 0 heterocycles. The molecule has 3 aromatic carbocycles. The van der Waals surface area contributed by atoms with Crippen LogP contribution in [0.15, 0.2) is 78.9 Å². The highest BCUT2D eigenvalue weighted by atomic mass is 14.9. The maximum absolute atomic E-state index is 3.42. The van der Waals surface area contributed by atoms with Gasteiger partial charge >= 0.3 is 0 Å². The molecule has 0 aliphatic rings. The standard InChI is InChI=1S/C19H18N2/c1-20-19-14-17(21-16-10-6-3-7-11-16)12-13-18(19)15-8-4-2-5-9-15/h2-14,20-21H,1H3. The lowest BCUT2D eigenvalue weighted by Crippen LogP contribution is -1.95. The molecule has 0 amide bonds. The highest BCUT2D eigenvalue weighted by Crippen LogP contribution is 2.31. The minimum absolute atomic E-state index is 1.07. The topological polar surface area (TPSA) is 24.1 Å². The van der Waals surface area contributed by atoms with Gasteiger partial charge in [0.25, 0.3) is 0 Å². The molecule has 2 heteroatoms. The first kappa shape index (κ1) is 13.3. The minimum Gasteiger partial charge on any atom is -0.388 e. The molecule has 3 rings (SSSR count). The van der Waals surface area contributed by atoms with Crippen LogP contribution in [0.25, 0.3) is 11.1 Å². The van der Waals surface area contributed by atoms with E-state index in [9.17, 15) is 0 Å². The predicted octanol–water partition coefficient (Wildman–Crippen LogP) is 5.14. The van der Waals surface area contributed by atoms with E-state index in [0.29, 0.717) is 0 Å². The predicted molar refractivity (Wildman–Crippen MR) is 91.1 cm³/mol. The third-order valence-corrected chi connectivity index (χ3v) is 3.44. The van der Waals surface area contributed by atoms with Gasteiger partial charge in [-0.25, -0.2) is 0 Å². The SMILES string of the molecule is CNc1cc(Nc2ccccc2)ccc1-c1ccccc1. The lowest BCUT2D eigenvalue weighted by molar-refractivity contribution is 1.48. The lowest BCUT2D eigenvalue weighted by atomic mass is 10.0. The van der Waals surface area contributed by atoms with Crippen molar-refractivity contribution in [2.75, 3.05) is 17.7 Å². The van der Waals surface area contributed by atoms with E-state index in [1.165, 1.54) is 11.1 Å². The summed E-state index contributed by atoms with van der Waals surface area (Å²) in [5.74, 6) is 0. The Morgan fingerprint density at radius 1 is 0.667 bits per heavy atom. The fourth-order valence-corrected chi connectivity index (χ4v) is 2.39. The molecule has 0 bridgehead atoms. The van der Waals surface area contributed by atoms with Crippen LogP contribution in [0.2, 0.25) is 0 Å². The highest BCUT2D eigenvalue weighted by Gasteiger charge is 2.05. The fraction of sp³-hybridized carbons (Fsp3) is 0.0526. The monoisotopic (exact) mass is 274 g/mol. The van der Waals surface area contributed by atoms with Crippen molar-refractivity contribution >= 4 is 17.1 Å². The summed E-state index contributed by atoms with van der Waals surface area (Å²) in [6, 6.07) is 27.0. The Bertz CT molecular complexity index is 706. The maximum Gasteiger partial charge on any atom is 0.0438 e. The Morgan fingerprint density at radius 2 is 1.33 bits per heavy atom. The van der Waals surface area contributed by atoms with Crippen LogP contribution in [0.1, 0.15) is 0 Å². The number of hydrogen-bond donors (Lipinski definition) is 2. The smallest absolute Gasteiger partial charge is 0.0438 e. The summed E-state index contributed by atoms with van der Waals surface area (Å²) < 4.78 is 0. The quantitative estimate of drug-likeness (QED) is 0.688. The molecule has 2 nitrogen and oxygen atoms in total. The van der Waals surface area contributed by atoms with Gasteiger partial charge in [0, 0.05) is 29.7 Å². The van der Waals surface area contributed by atoms with Crippen molar-refractivity contribution in [1.29, 1.82) is 0 Å². The summed E-state index contributed by atoms with van der Waals surface area (Å²) in [5.41, 5.74) is 5.70. The minimum atomic E-state index is 1.07. The average molecular weight is 274 g/mol. The van der Waals surface area contributed by atoms with E-state index in [1.807, 2.05) is 31.3 Å². The Kier molecular flexibility index (Phi) is 3.88. The zero-order valence-corrected chi connectivity index (χ0v) is 12.0. The van der Waals surface area contributed by atoms with Gasteiger partial charge < -0.3 is 10.6 Å². The van der Waals surface area contributed by atoms with Gasteiger partial charge in [-0.3, -0.25) is 0 Å². The Balaban J connectivity index is 1.92. The third kappa shape index (κ3) is 3.06. The number of benzene rings is 3. The van der Waals surface area contributed by atoms with E-state index in [2.05, 4.69) is 65.2 Å². The number of nitrogens with one attached hydrogen (secondary N) is 2. The molecule has 104 valence electrons. The van der Waals surface area contributed by atoms with Crippen LogP contribution in [-0.2, 0) is 0 Å². The Labute approximate surface area is 125 Å². The van der Waals surface area contributed by atoms with Crippen LogP contribution >= 0.6 is 0 Å². The first-order valence-corrected chi connectivity index (χ1v) is 7.06. The van der Waals surface area contributed by atoms with Crippen molar-refractivity contribution in [1.82, 2.24) is 0 Å². The number of para-hydroxylation sites is 1. The fourth-order valence-electron chi connectivity index (χ4n) is 2.39. The summed E-state index contributed by atoms with van der Waals surface area (Å²) in [4.78, 5) is 0. The van der Waals surface area contributed by atoms with Crippen molar-refractivity contribution < 1.29 is 0 Å². The molecule has 0 saturated heterocycles. The summed E-state index contributed by atoms with van der Waals surface area (Å²) in [5, 5.41) is 6.70. The van der Waals surface area contributed by atoms with Gasteiger partial charge in [-0.1, -0.05) is 54.6 Å². The molecule has 3 aromatic rings. The van der Waals surface area contributed by atoms with Crippen molar-refractivity contribution in [3.8, 4) is 11.1 Å². The zero-order valence-electron chi connectivity index (χ0n) is 12.0. The molecular weight excluding hydrogens is 256 g/mol. The van der Waals surface area contributed by atoms with E-state index >= 15 is 0 Å². The molecule has 0 atom stereocenters. The number of hydrogen-bond acceptors (Lipinski definition) is 2. The zero-order chi connectivity index (χ0) is 14.5. The van der Waals surface area contributed by atoms with E-state index < -0.39 is 0 Å². The first-order chi connectivity index (χ1) is 10.4. The van der Waals surface area contributed by atoms with Gasteiger partial charge in [0.05, 0.1) is 0 Å². The van der Waals surface area contributed by atoms with Crippen molar-refractivity contribution in [3.63, 3.8) is 0 Å². The van der Waals surface area contributed by atoms with E-state index in [4.69, 9.17) is 0 Å². The first-order valence-electron chi connectivity index (χ1n) is 7.06. The van der Waals surface area contributed by atoms with Crippen molar-refractivity contribution in [2.45, 2.75) is 0 Å². The van der Waals surface area contributed by atoms with E-state index in [1.54, 1.807) is 0 Å². The largest absolute Gasteiger partial charge is 0.388 e. The van der Waals surface area contributed by atoms with Gasteiger partial charge in [0.15, 0.2) is 0 Å². The van der Waals surface area contributed by atoms with Crippen LogP contribution < -0.4 is 10.6 Å². The molecule has 0 spiro atoms. The van der Waals surface area contributed by atoms with Crippen molar-refractivity contribution in [3.05, 3.63) is 78.9 Å². The van der Waals surface area contributed by atoms with Crippen LogP contribution in [0, 0.1) is 0 Å². The molecule has 0 unspecified atom stereocenters. The summed E-state index contributed by atoms with van der Waals surface area (Å²) in [6.07, 6.45) is 0. The second-order valence-electron chi connectivity index (χ2n) is 4.87. The molecule has 0 fully saturated rings. The second-order valence-corrected chi connectivity index (χ2v) is 4.87. The van der Waals surface area contributed by atoms with Crippen LogP contribution in [0.5, 0.6) is 0 Å². The van der Waals surface area contributed by atoms with E-state index in [0.717, 1.165) is 17.1 Å². The van der Waals surface area contributed by atoms with Crippen LogP contribution in [0.3, 0.4) is 0 Å². The third-order valence-electron chi connectivity index (χ3n) is 3.44. The molecule has 0 radical (unpaired) electrons. The van der Waals surface area contributed by atoms with Gasteiger partial charge in [-0.2, -0.15) is 0 Å². The Hall–Kier alpha value is -2.74. The van der Waals surface area contributed by atoms with Gasteiger partial charge in [0.1, 0.15) is 0 Å². The van der Waals surface area contributed by atoms with E-state index in [-0.39, 0.29) is 0 Å². The van der Waals surface area contributed by atoms with Gasteiger partial charge in [-0.15, -0.1) is 0 Å². The maximum atomic E-state index is 3.42. The van der Waals surface area contributed by atoms with Gasteiger partial charge in [-0.05, 0) is 29.8 Å². The summed E-state index contributed by atoms with van der Waals surface area (Å²) >= 11 is 0. The molecule has 2 N–H and O–H groups in total. The molecule has 0 aromatic heterocycles. The van der Waals surface area contributed by atoms with Gasteiger partial charge in [0.2, 0.25) is 0 Å². The summed E-state index contributed by atoms with van der Waals surface area (Å²) in [6.45, 7) is 0. The average Bonchev–Trinajstić information content (AvgIpc) is 2.56. The number of rotatable bonds is 4. The second kappa shape index (κ2) is 6.14. The molecule has 0 aliphatic carbocycles.